The first-order chi connectivity index (χ1) is 9.88. The molecule has 0 bridgehead atoms. The smallest absolute Gasteiger partial charge is 0.321 e. The van der Waals surface area contributed by atoms with Gasteiger partial charge in [-0.15, -0.1) is 10.2 Å². The van der Waals surface area contributed by atoms with E-state index in [-0.39, 0.29) is 11.4 Å². The van der Waals surface area contributed by atoms with Crippen molar-refractivity contribution in [1.82, 2.24) is 15.5 Å². The number of urea groups is 1. The summed E-state index contributed by atoms with van der Waals surface area (Å²) < 4.78 is 0. The molecule has 5 nitrogen and oxygen atoms in total. The first-order valence-electron chi connectivity index (χ1n) is 6.15. The molecule has 0 fully saturated rings. The minimum Gasteiger partial charge on any atom is -0.337 e. The molecule has 0 radical (unpaired) electrons. The Bertz CT molecular complexity index is 631. The van der Waals surface area contributed by atoms with Gasteiger partial charge in [-0.05, 0) is 17.7 Å². The second kappa shape index (κ2) is 6.60. The third-order valence-corrected chi connectivity index (χ3v) is 4.32. The van der Waals surface area contributed by atoms with E-state index in [4.69, 9.17) is 23.2 Å². The summed E-state index contributed by atoms with van der Waals surface area (Å²) in [5.74, 6) is 0. The normalized spacial score (nSPS) is 11.2. The molecule has 0 saturated carbocycles. The van der Waals surface area contributed by atoms with E-state index in [0.717, 1.165) is 5.56 Å². The highest BCUT2D eigenvalue weighted by atomic mass is 35.5. The Morgan fingerprint density at radius 1 is 1.33 bits per heavy atom. The van der Waals surface area contributed by atoms with Crippen molar-refractivity contribution < 1.29 is 4.79 Å². The molecule has 2 N–H and O–H groups in total. The summed E-state index contributed by atoms with van der Waals surface area (Å²) >= 11 is 13.2. The van der Waals surface area contributed by atoms with Crippen LogP contribution in [-0.2, 0) is 5.41 Å². The summed E-state index contributed by atoms with van der Waals surface area (Å²) in [6, 6.07) is 5.15. The Morgan fingerprint density at radius 3 is 2.71 bits per heavy atom. The lowest BCUT2D eigenvalue weighted by molar-refractivity contribution is 0.249. The van der Waals surface area contributed by atoms with Gasteiger partial charge >= 0.3 is 6.03 Å². The maximum absolute atomic E-state index is 11.8. The Labute approximate surface area is 136 Å². The van der Waals surface area contributed by atoms with Gasteiger partial charge in [0.1, 0.15) is 5.51 Å². The van der Waals surface area contributed by atoms with Crippen molar-refractivity contribution in [3.8, 4) is 0 Å². The number of nitrogens with one attached hydrogen (secondary N) is 2. The number of rotatable bonds is 4. The van der Waals surface area contributed by atoms with Gasteiger partial charge in [0.25, 0.3) is 0 Å². The molecule has 2 rings (SSSR count). The average Bonchev–Trinajstić information content (AvgIpc) is 2.92. The minimum absolute atomic E-state index is 0.285. The van der Waals surface area contributed by atoms with Crippen LogP contribution in [0.5, 0.6) is 0 Å². The van der Waals surface area contributed by atoms with Crippen LogP contribution in [-0.4, -0.2) is 22.8 Å². The molecule has 1 aromatic carbocycles. The van der Waals surface area contributed by atoms with Gasteiger partial charge in [-0.3, -0.25) is 5.32 Å². The van der Waals surface area contributed by atoms with Crippen LogP contribution >= 0.6 is 34.5 Å². The fourth-order valence-corrected chi connectivity index (χ4v) is 2.43. The number of carbonyl (C=O) groups is 1. The summed E-state index contributed by atoms with van der Waals surface area (Å²) in [6.45, 7) is 4.46. The van der Waals surface area contributed by atoms with Crippen LogP contribution in [0.2, 0.25) is 10.0 Å². The number of hydrogen-bond acceptors (Lipinski definition) is 4. The number of halogens is 2. The van der Waals surface area contributed by atoms with E-state index in [1.54, 1.807) is 11.6 Å². The standard InChI is InChI=1S/C13H14Cl2N4OS/c1-13(2,8-3-4-9(14)10(15)5-8)6-16-11(20)18-12-19-17-7-21-12/h3-5,7H,6H2,1-2H3,(H2,16,18,19,20). The molecule has 112 valence electrons. The second-order valence-corrected chi connectivity index (χ2v) is 6.71. The van der Waals surface area contributed by atoms with E-state index < -0.39 is 0 Å². The molecule has 0 unspecified atom stereocenters. The number of carbonyl (C=O) groups excluding carboxylic acids is 1. The van der Waals surface area contributed by atoms with E-state index in [9.17, 15) is 4.79 Å². The zero-order valence-electron chi connectivity index (χ0n) is 11.5. The molecule has 1 heterocycles. The van der Waals surface area contributed by atoms with Crippen LogP contribution < -0.4 is 10.6 Å². The van der Waals surface area contributed by atoms with Crippen LogP contribution in [0, 0.1) is 0 Å². The number of anilines is 1. The molecule has 2 aromatic rings. The fraction of sp³-hybridized carbons (Fsp3) is 0.308. The predicted molar refractivity (Wildman–Crippen MR) is 86.4 cm³/mol. The molecule has 8 heteroatoms. The van der Waals surface area contributed by atoms with Gasteiger partial charge in [-0.2, -0.15) is 0 Å². The topological polar surface area (TPSA) is 66.9 Å². The number of amides is 2. The quantitative estimate of drug-likeness (QED) is 0.882. The summed E-state index contributed by atoms with van der Waals surface area (Å²) in [5.41, 5.74) is 2.26. The highest BCUT2D eigenvalue weighted by Crippen LogP contribution is 2.29. The van der Waals surface area contributed by atoms with E-state index in [1.807, 2.05) is 26.0 Å². The molecule has 0 spiro atoms. The largest absolute Gasteiger partial charge is 0.337 e. The van der Waals surface area contributed by atoms with E-state index >= 15 is 0 Å². The molecule has 1 aromatic heterocycles. The Hall–Kier alpha value is -1.37. The highest BCUT2D eigenvalue weighted by molar-refractivity contribution is 7.13. The third kappa shape index (κ3) is 4.30. The van der Waals surface area contributed by atoms with Crippen molar-refractivity contribution in [3.05, 3.63) is 39.3 Å². The van der Waals surface area contributed by atoms with Crippen molar-refractivity contribution in [2.45, 2.75) is 19.3 Å². The summed E-state index contributed by atoms with van der Waals surface area (Å²) in [4.78, 5) is 11.8. The Balaban J connectivity index is 1.97. The zero-order chi connectivity index (χ0) is 15.5. The van der Waals surface area contributed by atoms with Gasteiger partial charge in [0, 0.05) is 12.0 Å². The fourth-order valence-electron chi connectivity index (χ4n) is 1.69. The molecule has 0 aliphatic carbocycles. The molecule has 2 amide bonds. The highest BCUT2D eigenvalue weighted by Gasteiger charge is 2.22. The maximum atomic E-state index is 11.8. The van der Waals surface area contributed by atoms with Gasteiger partial charge < -0.3 is 5.32 Å². The minimum atomic E-state index is -0.320. The lowest BCUT2D eigenvalue weighted by Gasteiger charge is -2.26. The van der Waals surface area contributed by atoms with Crippen LogP contribution in [0.4, 0.5) is 9.93 Å². The molecule has 21 heavy (non-hydrogen) atoms. The number of aromatic nitrogens is 2. The SMILES string of the molecule is CC(C)(CNC(=O)Nc1nncs1)c1ccc(Cl)c(Cl)c1. The van der Waals surface area contributed by atoms with Crippen molar-refractivity contribution in [2.75, 3.05) is 11.9 Å². The number of hydrogen-bond donors (Lipinski definition) is 2. The monoisotopic (exact) mass is 344 g/mol. The van der Waals surface area contributed by atoms with E-state index in [2.05, 4.69) is 20.8 Å². The van der Waals surface area contributed by atoms with Gasteiger partial charge in [0.2, 0.25) is 5.13 Å². The van der Waals surface area contributed by atoms with Gasteiger partial charge in [0.15, 0.2) is 0 Å². The lowest BCUT2D eigenvalue weighted by Crippen LogP contribution is -2.39. The van der Waals surface area contributed by atoms with Crippen molar-refractivity contribution >= 4 is 45.7 Å². The number of nitrogens with zero attached hydrogens (tertiary/aromatic N) is 2. The van der Waals surface area contributed by atoms with Crippen molar-refractivity contribution in [3.63, 3.8) is 0 Å². The summed E-state index contributed by atoms with van der Waals surface area (Å²) in [6.07, 6.45) is 0. The van der Waals surface area contributed by atoms with Crippen molar-refractivity contribution in [2.24, 2.45) is 0 Å². The molecular weight excluding hydrogens is 331 g/mol. The first kappa shape index (κ1) is 16.0. The van der Waals surface area contributed by atoms with Crippen LogP contribution in [0.3, 0.4) is 0 Å². The van der Waals surface area contributed by atoms with E-state index in [0.29, 0.717) is 21.7 Å². The average molecular weight is 345 g/mol. The lowest BCUT2D eigenvalue weighted by atomic mass is 9.84. The van der Waals surface area contributed by atoms with Crippen LogP contribution in [0.15, 0.2) is 23.7 Å². The summed E-state index contributed by atoms with van der Waals surface area (Å²) in [5, 5.41) is 14.3. The van der Waals surface area contributed by atoms with E-state index in [1.165, 1.54) is 11.3 Å². The molecule has 0 atom stereocenters. The third-order valence-electron chi connectivity index (χ3n) is 2.97. The Morgan fingerprint density at radius 2 is 2.10 bits per heavy atom. The van der Waals surface area contributed by atoms with Gasteiger partial charge in [0.05, 0.1) is 10.0 Å². The second-order valence-electron chi connectivity index (χ2n) is 5.06. The molecular formula is C13H14Cl2N4OS. The van der Waals surface area contributed by atoms with Gasteiger partial charge in [-0.1, -0.05) is 54.5 Å². The van der Waals surface area contributed by atoms with Crippen molar-refractivity contribution in [1.29, 1.82) is 0 Å². The Kier molecular flexibility index (Phi) is 5.03. The molecule has 0 aliphatic heterocycles. The first-order valence-corrected chi connectivity index (χ1v) is 7.78. The summed E-state index contributed by atoms with van der Waals surface area (Å²) in [7, 11) is 0. The zero-order valence-corrected chi connectivity index (χ0v) is 13.8. The van der Waals surface area contributed by atoms with Gasteiger partial charge in [-0.25, -0.2) is 4.79 Å². The predicted octanol–water partition coefficient (Wildman–Crippen LogP) is 3.94. The molecule has 0 aliphatic rings. The maximum Gasteiger partial charge on any atom is 0.321 e. The van der Waals surface area contributed by atoms with Crippen LogP contribution in [0.25, 0.3) is 0 Å². The number of benzene rings is 1. The molecule has 0 saturated heterocycles. The van der Waals surface area contributed by atoms with Crippen LogP contribution in [0.1, 0.15) is 19.4 Å².